The largest absolute Gasteiger partial charge is 0.493 e. The van der Waals surface area contributed by atoms with E-state index in [1.807, 2.05) is 48.2 Å². The van der Waals surface area contributed by atoms with Crippen LogP contribution < -0.4 is 4.74 Å². The van der Waals surface area contributed by atoms with Crippen molar-refractivity contribution in [1.29, 1.82) is 0 Å². The Balaban J connectivity index is 1.31. The molecule has 0 atom stereocenters. The van der Waals surface area contributed by atoms with Crippen molar-refractivity contribution in [2.75, 3.05) is 32.8 Å². The van der Waals surface area contributed by atoms with E-state index in [9.17, 15) is 4.79 Å². The Labute approximate surface area is 175 Å². The van der Waals surface area contributed by atoms with Gasteiger partial charge in [0.25, 0.3) is 0 Å². The summed E-state index contributed by atoms with van der Waals surface area (Å²) >= 11 is 1.75. The summed E-state index contributed by atoms with van der Waals surface area (Å²) in [5.74, 6) is 0.857. The fourth-order valence-electron chi connectivity index (χ4n) is 3.48. The van der Waals surface area contributed by atoms with Crippen molar-refractivity contribution in [3.8, 4) is 5.75 Å². The summed E-state index contributed by atoms with van der Waals surface area (Å²) in [7, 11) is 0. The molecule has 1 aliphatic heterocycles. The number of carbonyl (C=O) groups is 1. The monoisotopic (exact) mass is 407 g/mol. The molecule has 1 aliphatic rings. The first-order valence-electron chi connectivity index (χ1n) is 9.98. The van der Waals surface area contributed by atoms with Gasteiger partial charge in [0.1, 0.15) is 10.8 Å². The number of fused-ring (bicyclic) bond motifs is 1. The van der Waals surface area contributed by atoms with Crippen molar-refractivity contribution in [3.05, 3.63) is 65.2 Å². The molecule has 3 aromatic rings. The highest BCUT2D eigenvalue weighted by atomic mass is 32.1. The first-order valence-corrected chi connectivity index (χ1v) is 10.8. The SMILES string of the molecule is CCOc1ccccc1C=CC(=O)N1CCN(Cc2nc3ccccc3s2)CC1. The molecule has 0 radical (unpaired) electrons. The molecule has 2 aromatic carbocycles. The molecule has 0 bridgehead atoms. The lowest BCUT2D eigenvalue weighted by Crippen LogP contribution is -2.47. The number of benzene rings is 2. The summed E-state index contributed by atoms with van der Waals surface area (Å²) in [4.78, 5) is 21.6. The quantitative estimate of drug-likeness (QED) is 0.578. The van der Waals surface area contributed by atoms with E-state index >= 15 is 0 Å². The van der Waals surface area contributed by atoms with E-state index in [0.29, 0.717) is 6.61 Å². The lowest BCUT2D eigenvalue weighted by atomic mass is 10.2. The Bertz CT molecular complexity index is 973. The highest BCUT2D eigenvalue weighted by molar-refractivity contribution is 7.18. The normalized spacial score (nSPS) is 15.3. The van der Waals surface area contributed by atoms with Crippen LogP contribution in [0.2, 0.25) is 0 Å². The molecule has 1 aromatic heterocycles. The molecule has 1 saturated heterocycles. The molecule has 0 aliphatic carbocycles. The molecular weight excluding hydrogens is 382 g/mol. The van der Waals surface area contributed by atoms with Gasteiger partial charge in [0, 0.05) is 37.8 Å². The number of hydrogen-bond donors (Lipinski definition) is 0. The second kappa shape index (κ2) is 9.20. The molecule has 0 N–H and O–H groups in total. The third kappa shape index (κ3) is 4.83. The minimum Gasteiger partial charge on any atom is -0.493 e. The van der Waals surface area contributed by atoms with E-state index in [4.69, 9.17) is 9.72 Å². The zero-order chi connectivity index (χ0) is 20.1. The predicted octanol–water partition coefficient (Wildman–Crippen LogP) is 4.05. The van der Waals surface area contributed by atoms with Crippen LogP contribution in [0, 0.1) is 0 Å². The lowest BCUT2D eigenvalue weighted by molar-refractivity contribution is -0.127. The minimum absolute atomic E-state index is 0.0518. The third-order valence-corrected chi connectivity index (χ3v) is 6.03. The molecule has 4 rings (SSSR count). The first kappa shape index (κ1) is 19.6. The van der Waals surface area contributed by atoms with Crippen LogP contribution in [0.15, 0.2) is 54.6 Å². The summed E-state index contributed by atoms with van der Waals surface area (Å²) in [6, 6.07) is 16.0. The number of thiazole rings is 1. The fraction of sp³-hybridized carbons (Fsp3) is 0.304. The van der Waals surface area contributed by atoms with Crippen molar-refractivity contribution in [3.63, 3.8) is 0 Å². The zero-order valence-electron chi connectivity index (χ0n) is 16.6. The molecule has 6 heteroatoms. The number of hydrogen-bond acceptors (Lipinski definition) is 5. The van der Waals surface area contributed by atoms with Crippen LogP contribution in [-0.4, -0.2) is 53.5 Å². The minimum atomic E-state index is 0.0518. The van der Waals surface area contributed by atoms with Gasteiger partial charge in [0.2, 0.25) is 5.91 Å². The Morgan fingerprint density at radius 3 is 2.66 bits per heavy atom. The Morgan fingerprint density at radius 1 is 1.10 bits per heavy atom. The molecule has 5 nitrogen and oxygen atoms in total. The fourth-order valence-corrected chi connectivity index (χ4v) is 4.49. The standard InChI is InChI=1S/C23H25N3O2S/c1-2-28-20-9-5-3-7-18(20)11-12-23(27)26-15-13-25(14-16-26)17-22-24-19-8-4-6-10-21(19)29-22/h3-12H,2,13-17H2,1H3. The van der Waals surface area contributed by atoms with Crippen LogP contribution in [0.1, 0.15) is 17.5 Å². The van der Waals surface area contributed by atoms with Crippen LogP contribution >= 0.6 is 11.3 Å². The number of para-hydroxylation sites is 2. The average molecular weight is 408 g/mol. The molecule has 0 spiro atoms. The van der Waals surface area contributed by atoms with Crippen molar-refractivity contribution in [2.24, 2.45) is 0 Å². The molecule has 29 heavy (non-hydrogen) atoms. The highest BCUT2D eigenvalue weighted by Gasteiger charge is 2.20. The molecular formula is C23H25N3O2S. The summed E-state index contributed by atoms with van der Waals surface area (Å²) in [6.45, 7) is 6.62. The Kier molecular flexibility index (Phi) is 6.22. The Morgan fingerprint density at radius 2 is 1.86 bits per heavy atom. The number of nitrogens with zero attached hydrogens (tertiary/aromatic N) is 3. The highest BCUT2D eigenvalue weighted by Crippen LogP contribution is 2.23. The molecule has 1 amide bonds. The van der Waals surface area contributed by atoms with Crippen molar-refractivity contribution < 1.29 is 9.53 Å². The van der Waals surface area contributed by atoms with Gasteiger partial charge in [0.15, 0.2) is 0 Å². The molecule has 2 heterocycles. The van der Waals surface area contributed by atoms with Gasteiger partial charge in [-0.15, -0.1) is 11.3 Å². The third-order valence-electron chi connectivity index (χ3n) is 5.01. The number of ether oxygens (including phenoxy) is 1. The molecule has 1 fully saturated rings. The van der Waals surface area contributed by atoms with Crippen molar-refractivity contribution in [1.82, 2.24) is 14.8 Å². The topological polar surface area (TPSA) is 45.7 Å². The number of rotatable bonds is 6. The van der Waals surface area contributed by atoms with Crippen LogP contribution in [0.25, 0.3) is 16.3 Å². The molecule has 0 unspecified atom stereocenters. The van der Waals surface area contributed by atoms with Crippen molar-refractivity contribution >= 4 is 33.5 Å². The van der Waals surface area contributed by atoms with Crippen molar-refractivity contribution in [2.45, 2.75) is 13.5 Å². The van der Waals surface area contributed by atoms with E-state index < -0.39 is 0 Å². The maximum absolute atomic E-state index is 12.6. The summed E-state index contributed by atoms with van der Waals surface area (Å²) in [5.41, 5.74) is 2.00. The lowest BCUT2D eigenvalue weighted by Gasteiger charge is -2.33. The van der Waals surface area contributed by atoms with Gasteiger partial charge in [-0.05, 0) is 31.2 Å². The van der Waals surface area contributed by atoms with Gasteiger partial charge in [0.05, 0.1) is 23.4 Å². The van der Waals surface area contributed by atoms with Gasteiger partial charge in [-0.1, -0.05) is 30.3 Å². The summed E-state index contributed by atoms with van der Waals surface area (Å²) in [5, 5.41) is 1.14. The van der Waals surface area contributed by atoms with E-state index in [1.54, 1.807) is 17.4 Å². The van der Waals surface area contributed by atoms with Gasteiger partial charge in [-0.25, -0.2) is 4.98 Å². The van der Waals surface area contributed by atoms with E-state index in [-0.39, 0.29) is 5.91 Å². The maximum atomic E-state index is 12.6. The van der Waals surface area contributed by atoms with Gasteiger partial charge >= 0.3 is 0 Å². The van der Waals surface area contributed by atoms with Crippen LogP contribution in [0.3, 0.4) is 0 Å². The zero-order valence-corrected chi connectivity index (χ0v) is 17.4. The van der Waals surface area contributed by atoms with Gasteiger partial charge in [-0.2, -0.15) is 0 Å². The number of carbonyl (C=O) groups excluding carboxylic acids is 1. The number of amides is 1. The maximum Gasteiger partial charge on any atom is 0.246 e. The predicted molar refractivity (Wildman–Crippen MR) is 118 cm³/mol. The van der Waals surface area contributed by atoms with Crippen LogP contribution in [-0.2, 0) is 11.3 Å². The van der Waals surface area contributed by atoms with E-state index in [1.165, 1.54) is 4.70 Å². The number of piperazine rings is 1. The second-order valence-corrected chi connectivity index (χ2v) is 8.10. The first-order chi connectivity index (χ1) is 14.2. The van der Waals surface area contributed by atoms with E-state index in [0.717, 1.165) is 54.6 Å². The number of aromatic nitrogens is 1. The summed E-state index contributed by atoms with van der Waals surface area (Å²) in [6.07, 6.45) is 3.50. The van der Waals surface area contributed by atoms with Crippen LogP contribution in [0.5, 0.6) is 5.75 Å². The van der Waals surface area contributed by atoms with E-state index in [2.05, 4.69) is 23.1 Å². The molecule has 0 saturated carbocycles. The smallest absolute Gasteiger partial charge is 0.246 e. The van der Waals surface area contributed by atoms with Gasteiger partial charge < -0.3 is 9.64 Å². The average Bonchev–Trinajstić information content (AvgIpc) is 3.16. The van der Waals surface area contributed by atoms with Gasteiger partial charge in [-0.3, -0.25) is 9.69 Å². The Hall–Kier alpha value is -2.70. The second-order valence-electron chi connectivity index (χ2n) is 6.98. The summed E-state index contributed by atoms with van der Waals surface area (Å²) < 4.78 is 6.85. The van der Waals surface area contributed by atoms with Crippen LogP contribution in [0.4, 0.5) is 0 Å². The molecule has 150 valence electrons.